The predicted octanol–water partition coefficient (Wildman–Crippen LogP) is 5.29. The van der Waals surface area contributed by atoms with Gasteiger partial charge in [0.2, 0.25) is 0 Å². The Bertz CT molecular complexity index is 1610. The van der Waals surface area contributed by atoms with Crippen LogP contribution >= 0.6 is 0 Å². The van der Waals surface area contributed by atoms with E-state index < -0.39 is 0 Å². The normalized spacial score (nSPS) is 12.2. The predicted molar refractivity (Wildman–Crippen MR) is 113 cm³/mol. The average Bonchev–Trinajstić information content (AvgIpc) is 2.68. The van der Waals surface area contributed by atoms with Gasteiger partial charge >= 0.3 is 0 Å². The Morgan fingerprint density at radius 1 is 0.741 bits per heavy atom. The molecule has 0 N–H and O–H groups in total. The van der Waals surface area contributed by atoms with Crippen LogP contribution < -0.4 is 5.56 Å². The third kappa shape index (κ3) is 1.76. The second kappa shape index (κ2) is 4.83. The first kappa shape index (κ1) is 14.7. The van der Waals surface area contributed by atoms with Gasteiger partial charge in [0.25, 0.3) is 5.56 Å². The maximum Gasteiger partial charge on any atom is 0.251 e. The van der Waals surface area contributed by atoms with Gasteiger partial charge in [0.15, 0.2) is 0 Å². The van der Waals surface area contributed by atoms with Crippen molar-refractivity contribution < 1.29 is 0 Å². The summed E-state index contributed by atoms with van der Waals surface area (Å²) in [6, 6.07) is 20.6. The van der Waals surface area contributed by atoms with Crippen LogP contribution in [0.5, 0.6) is 0 Å². The van der Waals surface area contributed by atoms with Crippen molar-refractivity contribution in [1.82, 2.24) is 9.55 Å². The van der Waals surface area contributed by atoms with Crippen LogP contribution in [0, 0.1) is 6.92 Å². The van der Waals surface area contributed by atoms with Crippen molar-refractivity contribution >= 4 is 54.3 Å². The number of nitrogens with zero attached hydrogens (tertiary/aromatic N) is 2. The molecule has 0 aliphatic rings. The molecule has 2 heterocycles. The Morgan fingerprint density at radius 2 is 1.52 bits per heavy atom. The number of aryl methyl sites for hydroxylation is 2. The van der Waals surface area contributed by atoms with Crippen LogP contribution in [0.25, 0.3) is 54.3 Å². The topological polar surface area (TPSA) is 34.9 Å². The molecule has 0 bridgehead atoms. The summed E-state index contributed by atoms with van der Waals surface area (Å²) < 4.78 is 1.73. The van der Waals surface area contributed by atoms with E-state index in [1.54, 1.807) is 10.6 Å². The summed E-state index contributed by atoms with van der Waals surface area (Å²) in [7, 11) is 1.84. The molecule has 0 aliphatic heterocycles. The maximum atomic E-state index is 12.6. The molecule has 0 saturated heterocycles. The monoisotopic (exact) mass is 348 g/mol. The minimum atomic E-state index is 0.0136. The summed E-state index contributed by atoms with van der Waals surface area (Å²) in [5, 5.41) is 7.97. The van der Waals surface area contributed by atoms with E-state index in [0.717, 1.165) is 38.1 Å². The highest BCUT2D eigenvalue weighted by Gasteiger charge is 2.18. The molecule has 27 heavy (non-hydrogen) atoms. The maximum absolute atomic E-state index is 12.6. The number of aromatic nitrogens is 2. The van der Waals surface area contributed by atoms with Crippen LogP contribution in [0.2, 0.25) is 0 Å². The molecule has 3 heteroatoms. The van der Waals surface area contributed by atoms with Gasteiger partial charge in [-0.2, -0.15) is 0 Å². The molecule has 0 aliphatic carbocycles. The molecule has 3 nitrogen and oxygen atoms in total. The Morgan fingerprint density at radius 3 is 2.37 bits per heavy atom. The van der Waals surface area contributed by atoms with Gasteiger partial charge in [-0.3, -0.25) is 4.79 Å². The molecular formula is C24H16N2O. The summed E-state index contributed by atoms with van der Waals surface area (Å²) >= 11 is 0. The zero-order valence-electron chi connectivity index (χ0n) is 15.1. The summed E-state index contributed by atoms with van der Waals surface area (Å²) in [4.78, 5) is 17.5. The second-order valence-corrected chi connectivity index (χ2v) is 7.36. The number of fused-ring (bicyclic) bond motifs is 5. The Hall–Kier alpha value is -3.46. The number of pyridine rings is 2. The van der Waals surface area contributed by atoms with Crippen molar-refractivity contribution in [2.24, 2.45) is 7.05 Å². The lowest BCUT2D eigenvalue weighted by molar-refractivity contribution is 0.910. The molecule has 0 saturated carbocycles. The van der Waals surface area contributed by atoms with E-state index in [4.69, 9.17) is 4.98 Å². The van der Waals surface area contributed by atoms with Crippen LogP contribution in [0.15, 0.2) is 65.5 Å². The molecule has 0 atom stereocenters. The van der Waals surface area contributed by atoms with Gasteiger partial charge in [0.1, 0.15) is 0 Å². The first-order valence-electron chi connectivity index (χ1n) is 9.10. The van der Waals surface area contributed by atoms with Gasteiger partial charge < -0.3 is 4.57 Å². The van der Waals surface area contributed by atoms with Crippen LogP contribution in [0.3, 0.4) is 0 Å². The molecule has 6 rings (SSSR count). The number of hydrogen-bond donors (Lipinski definition) is 0. The van der Waals surface area contributed by atoms with Gasteiger partial charge in [-0.25, -0.2) is 4.98 Å². The summed E-state index contributed by atoms with van der Waals surface area (Å²) in [6.45, 7) is 2.11. The SMILES string of the molecule is Cc1ccc2nc3ccc4c5c(cc(=O)n4C)c4ccccc4c(c2c1)c35. The van der Waals surface area contributed by atoms with Gasteiger partial charge in [-0.1, -0.05) is 35.9 Å². The van der Waals surface area contributed by atoms with Crippen molar-refractivity contribution in [3.05, 3.63) is 76.6 Å². The lowest BCUT2D eigenvalue weighted by Gasteiger charge is -2.17. The number of benzene rings is 4. The van der Waals surface area contributed by atoms with E-state index in [-0.39, 0.29) is 5.56 Å². The van der Waals surface area contributed by atoms with Gasteiger partial charge in [-0.15, -0.1) is 0 Å². The zero-order chi connectivity index (χ0) is 18.3. The summed E-state index contributed by atoms with van der Waals surface area (Å²) in [6.07, 6.45) is 0. The molecule has 6 aromatic rings. The van der Waals surface area contributed by atoms with Crippen molar-refractivity contribution in [2.45, 2.75) is 6.92 Å². The van der Waals surface area contributed by atoms with Crippen LogP contribution in [0.4, 0.5) is 0 Å². The number of hydrogen-bond acceptors (Lipinski definition) is 2. The van der Waals surface area contributed by atoms with Crippen molar-refractivity contribution in [3.63, 3.8) is 0 Å². The van der Waals surface area contributed by atoms with Gasteiger partial charge in [0, 0.05) is 34.7 Å². The Kier molecular flexibility index (Phi) is 2.63. The third-order valence-electron chi connectivity index (χ3n) is 5.79. The number of rotatable bonds is 0. The van der Waals surface area contributed by atoms with E-state index in [1.165, 1.54) is 21.7 Å². The molecule has 128 valence electrons. The fraction of sp³-hybridized carbons (Fsp3) is 0.0833. The smallest absolute Gasteiger partial charge is 0.251 e. The minimum Gasteiger partial charge on any atom is -0.311 e. The van der Waals surface area contributed by atoms with E-state index in [9.17, 15) is 4.79 Å². The lowest BCUT2D eigenvalue weighted by Crippen LogP contribution is -2.16. The van der Waals surface area contributed by atoms with E-state index >= 15 is 0 Å². The van der Waals surface area contributed by atoms with Gasteiger partial charge in [0.05, 0.1) is 16.6 Å². The molecular weight excluding hydrogens is 332 g/mol. The highest BCUT2D eigenvalue weighted by Crippen LogP contribution is 2.42. The molecule has 0 fully saturated rings. The first-order valence-corrected chi connectivity index (χ1v) is 9.10. The van der Waals surface area contributed by atoms with Crippen LogP contribution in [-0.2, 0) is 7.05 Å². The Balaban J connectivity index is 2.13. The fourth-order valence-corrected chi connectivity index (χ4v) is 4.53. The van der Waals surface area contributed by atoms with Crippen molar-refractivity contribution in [3.8, 4) is 0 Å². The molecule has 2 aromatic heterocycles. The summed E-state index contributed by atoms with van der Waals surface area (Å²) in [5.74, 6) is 0. The minimum absolute atomic E-state index is 0.0136. The molecule has 4 aromatic carbocycles. The Labute approximate surface area is 154 Å². The highest BCUT2D eigenvalue weighted by atomic mass is 16.1. The molecule has 0 spiro atoms. The molecule has 0 radical (unpaired) electrons. The quantitative estimate of drug-likeness (QED) is 0.276. The fourth-order valence-electron chi connectivity index (χ4n) is 4.53. The second-order valence-electron chi connectivity index (χ2n) is 7.36. The largest absolute Gasteiger partial charge is 0.311 e. The van der Waals surface area contributed by atoms with Crippen molar-refractivity contribution in [1.29, 1.82) is 0 Å². The summed E-state index contributed by atoms with van der Waals surface area (Å²) in [5.41, 5.74) is 4.17. The molecule has 0 amide bonds. The lowest BCUT2D eigenvalue weighted by atomic mass is 9.90. The standard InChI is InChI=1S/C24H16N2O/c1-13-7-8-18-17(11-13)22-15-6-4-3-5-14(15)16-12-21(27)26(2)20-10-9-19(25-18)24(22)23(16)20/h3-12H,1-2H3. The van der Waals surface area contributed by atoms with Crippen LogP contribution in [-0.4, -0.2) is 9.55 Å². The third-order valence-corrected chi connectivity index (χ3v) is 5.79. The average molecular weight is 348 g/mol. The zero-order valence-corrected chi connectivity index (χ0v) is 15.1. The van der Waals surface area contributed by atoms with E-state index in [1.807, 2.05) is 25.2 Å². The van der Waals surface area contributed by atoms with E-state index in [0.29, 0.717) is 0 Å². The molecule has 0 unspecified atom stereocenters. The van der Waals surface area contributed by atoms with Gasteiger partial charge in [-0.05, 0) is 47.3 Å². The first-order chi connectivity index (χ1) is 13.1. The van der Waals surface area contributed by atoms with Crippen molar-refractivity contribution in [2.75, 3.05) is 0 Å². The van der Waals surface area contributed by atoms with E-state index in [2.05, 4.69) is 43.3 Å². The highest BCUT2D eigenvalue weighted by molar-refractivity contribution is 6.37. The van der Waals surface area contributed by atoms with Crippen LogP contribution in [0.1, 0.15) is 5.56 Å².